The van der Waals surface area contributed by atoms with Gasteiger partial charge in [0.2, 0.25) is 0 Å². The molecule has 3 nitrogen and oxygen atoms in total. The van der Waals surface area contributed by atoms with Crippen LogP contribution in [0.15, 0.2) is 48.5 Å². The van der Waals surface area contributed by atoms with Crippen LogP contribution in [0.25, 0.3) is 0 Å². The highest BCUT2D eigenvalue weighted by molar-refractivity contribution is 5.70. The fraction of sp³-hybridized carbons (Fsp3) is 0.133. The summed E-state index contributed by atoms with van der Waals surface area (Å²) in [7, 11) is 0. The number of carboxylic acids is 1. The van der Waals surface area contributed by atoms with Gasteiger partial charge in [0.1, 0.15) is 18.2 Å². The van der Waals surface area contributed by atoms with Crippen LogP contribution in [-0.4, -0.2) is 11.1 Å². The molecule has 0 aliphatic carbocycles. The molecule has 0 aromatic heterocycles. The zero-order chi connectivity index (χ0) is 13.7. The van der Waals surface area contributed by atoms with E-state index in [2.05, 4.69) is 0 Å². The van der Waals surface area contributed by atoms with E-state index >= 15 is 0 Å². The first-order chi connectivity index (χ1) is 9.13. The van der Waals surface area contributed by atoms with E-state index in [1.165, 1.54) is 12.1 Å². The number of rotatable bonds is 5. The number of aliphatic carboxylic acids is 1. The minimum Gasteiger partial charge on any atom is -0.489 e. The summed E-state index contributed by atoms with van der Waals surface area (Å²) in [4.78, 5) is 10.5. The van der Waals surface area contributed by atoms with E-state index in [1.807, 2.05) is 0 Å². The van der Waals surface area contributed by atoms with Crippen molar-refractivity contribution < 1.29 is 19.0 Å². The summed E-state index contributed by atoms with van der Waals surface area (Å²) in [6, 6.07) is 13.0. The predicted octanol–water partition coefficient (Wildman–Crippen LogP) is 3.03. The summed E-state index contributed by atoms with van der Waals surface area (Å²) in [6.45, 7) is 0.346. The molecule has 0 fully saturated rings. The molecule has 98 valence electrons. The van der Waals surface area contributed by atoms with E-state index in [0.717, 1.165) is 11.1 Å². The zero-order valence-corrected chi connectivity index (χ0v) is 10.2. The maximum absolute atomic E-state index is 12.7. The SMILES string of the molecule is O=C(O)Cc1ccc(OCc2ccc(F)cc2)cc1. The quantitative estimate of drug-likeness (QED) is 0.898. The molecular weight excluding hydrogens is 247 g/mol. The Morgan fingerprint density at radius 2 is 1.58 bits per heavy atom. The fourth-order valence-corrected chi connectivity index (χ4v) is 1.63. The molecule has 0 unspecified atom stereocenters. The van der Waals surface area contributed by atoms with E-state index in [4.69, 9.17) is 9.84 Å². The standard InChI is InChI=1S/C15H13FO3/c16-13-5-1-12(2-6-13)10-19-14-7-3-11(4-8-14)9-15(17)18/h1-8H,9-10H2,(H,17,18). The summed E-state index contributed by atoms with van der Waals surface area (Å²) in [6.07, 6.45) is -0.00174. The van der Waals surface area contributed by atoms with Gasteiger partial charge in [0, 0.05) is 0 Å². The Morgan fingerprint density at radius 1 is 1.00 bits per heavy atom. The molecule has 2 rings (SSSR count). The first-order valence-corrected chi connectivity index (χ1v) is 5.81. The number of hydrogen-bond donors (Lipinski definition) is 1. The molecule has 0 spiro atoms. The first kappa shape index (κ1) is 13.1. The largest absolute Gasteiger partial charge is 0.489 e. The lowest BCUT2D eigenvalue weighted by molar-refractivity contribution is -0.136. The Balaban J connectivity index is 1.92. The van der Waals surface area contributed by atoms with Crippen LogP contribution < -0.4 is 4.74 Å². The summed E-state index contributed by atoms with van der Waals surface area (Å²) in [5, 5.41) is 8.65. The highest BCUT2D eigenvalue weighted by atomic mass is 19.1. The van der Waals surface area contributed by atoms with Gasteiger partial charge in [-0.2, -0.15) is 0 Å². The van der Waals surface area contributed by atoms with E-state index in [9.17, 15) is 9.18 Å². The van der Waals surface area contributed by atoms with Gasteiger partial charge in [0.05, 0.1) is 6.42 Å². The molecule has 0 aliphatic rings. The molecule has 1 N–H and O–H groups in total. The molecule has 0 heterocycles. The number of benzene rings is 2. The van der Waals surface area contributed by atoms with Crippen LogP contribution >= 0.6 is 0 Å². The van der Waals surface area contributed by atoms with E-state index in [0.29, 0.717) is 12.4 Å². The topological polar surface area (TPSA) is 46.5 Å². The van der Waals surface area contributed by atoms with E-state index in [1.54, 1.807) is 36.4 Å². The molecule has 0 saturated carbocycles. The number of carboxylic acid groups (broad SMARTS) is 1. The van der Waals surface area contributed by atoms with Crippen molar-refractivity contribution in [3.63, 3.8) is 0 Å². The number of halogens is 1. The number of ether oxygens (including phenoxy) is 1. The molecule has 4 heteroatoms. The second kappa shape index (κ2) is 6.00. The number of hydrogen-bond acceptors (Lipinski definition) is 2. The Morgan fingerprint density at radius 3 is 2.16 bits per heavy atom. The summed E-state index contributed by atoms with van der Waals surface area (Å²) in [5.41, 5.74) is 1.60. The molecule has 2 aromatic carbocycles. The first-order valence-electron chi connectivity index (χ1n) is 5.81. The Labute approximate surface area is 110 Å². The second-order valence-electron chi connectivity index (χ2n) is 4.13. The zero-order valence-electron chi connectivity index (χ0n) is 10.2. The van der Waals surface area contributed by atoms with Gasteiger partial charge in [-0.3, -0.25) is 4.79 Å². The molecule has 2 aromatic rings. The molecule has 0 aliphatic heterocycles. The van der Waals surface area contributed by atoms with E-state index in [-0.39, 0.29) is 12.2 Å². The van der Waals surface area contributed by atoms with Crippen LogP contribution in [0.1, 0.15) is 11.1 Å². The van der Waals surface area contributed by atoms with E-state index < -0.39 is 5.97 Å². The minimum absolute atomic E-state index is 0.00174. The van der Waals surface area contributed by atoms with Crippen molar-refractivity contribution in [3.05, 3.63) is 65.5 Å². The van der Waals surface area contributed by atoms with Crippen molar-refractivity contribution in [1.82, 2.24) is 0 Å². The van der Waals surface area contributed by atoms with Gasteiger partial charge in [-0.15, -0.1) is 0 Å². The van der Waals surface area contributed by atoms with Crippen LogP contribution in [0, 0.1) is 5.82 Å². The molecule has 19 heavy (non-hydrogen) atoms. The van der Waals surface area contributed by atoms with Crippen molar-refractivity contribution in [2.45, 2.75) is 13.0 Å². The van der Waals surface area contributed by atoms with Gasteiger partial charge in [-0.05, 0) is 35.4 Å². The van der Waals surface area contributed by atoms with Gasteiger partial charge in [-0.1, -0.05) is 24.3 Å². The third kappa shape index (κ3) is 4.10. The second-order valence-corrected chi connectivity index (χ2v) is 4.13. The van der Waals surface area contributed by atoms with Crippen molar-refractivity contribution in [1.29, 1.82) is 0 Å². The Kier molecular flexibility index (Phi) is 4.13. The monoisotopic (exact) mass is 260 g/mol. The maximum atomic E-state index is 12.7. The lowest BCUT2D eigenvalue weighted by Crippen LogP contribution is -2.00. The number of carbonyl (C=O) groups is 1. The van der Waals surface area contributed by atoms with Crippen LogP contribution in [0.3, 0.4) is 0 Å². The fourth-order valence-electron chi connectivity index (χ4n) is 1.63. The molecule has 0 bridgehead atoms. The van der Waals surface area contributed by atoms with Crippen molar-refractivity contribution in [2.24, 2.45) is 0 Å². The highest BCUT2D eigenvalue weighted by Crippen LogP contribution is 2.14. The molecule has 0 saturated heterocycles. The van der Waals surface area contributed by atoms with Gasteiger partial charge < -0.3 is 9.84 Å². The van der Waals surface area contributed by atoms with Gasteiger partial charge in [0.25, 0.3) is 0 Å². The molecular formula is C15H13FO3. The van der Waals surface area contributed by atoms with Crippen LogP contribution in [0.5, 0.6) is 5.75 Å². The third-order valence-corrected chi connectivity index (χ3v) is 2.60. The van der Waals surface area contributed by atoms with Crippen molar-refractivity contribution in [2.75, 3.05) is 0 Å². The Bertz CT molecular complexity index is 547. The van der Waals surface area contributed by atoms with Crippen molar-refractivity contribution in [3.8, 4) is 5.75 Å². The van der Waals surface area contributed by atoms with Gasteiger partial charge >= 0.3 is 5.97 Å². The molecule has 0 atom stereocenters. The van der Waals surface area contributed by atoms with Gasteiger partial charge in [0.15, 0.2) is 0 Å². The minimum atomic E-state index is -0.861. The van der Waals surface area contributed by atoms with Crippen LogP contribution in [-0.2, 0) is 17.8 Å². The molecule has 0 amide bonds. The predicted molar refractivity (Wildman–Crippen MR) is 68.5 cm³/mol. The summed E-state index contributed by atoms with van der Waals surface area (Å²) in [5.74, 6) is -0.486. The highest BCUT2D eigenvalue weighted by Gasteiger charge is 2.01. The normalized spacial score (nSPS) is 10.2. The van der Waals surface area contributed by atoms with Gasteiger partial charge in [-0.25, -0.2) is 4.39 Å². The lowest BCUT2D eigenvalue weighted by Gasteiger charge is -2.07. The average Bonchev–Trinajstić information content (AvgIpc) is 2.39. The van der Waals surface area contributed by atoms with Crippen molar-refractivity contribution >= 4 is 5.97 Å². The summed E-state index contributed by atoms with van der Waals surface area (Å²) < 4.78 is 18.2. The smallest absolute Gasteiger partial charge is 0.307 e. The third-order valence-electron chi connectivity index (χ3n) is 2.60. The maximum Gasteiger partial charge on any atom is 0.307 e. The van der Waals surface area contributed by atoms with Crippen LogP contribution in [0.2, 0.25) is 0 Å². The average molecular weight is 260 g/mol. The summed E-state index contributed by atoms with van der Waals surface area (Å²) >= 11 is 0. The Hall–Kier alpha value is -2.36. The van der Waals surface area contributed by atoms with Crippen LogP contribution in [0.4, 0.5) is 4.39 Å². The lowest BCUT2D eigenvalue weighted by atomic mass is 10.1. The molecule has 0 radical (unpaired) electrons.